The molecule has 3 aromatic rings. The average molecular weight is 450 g/mol. The van der Waals surface area contributed by atoms with E-state index in [0.29, 0.717) is 25.6 Å². The van der Waals surface area contributed by atoms with Gasteiger partial charge in [0.1, 0.15) is 5.75 Å². The van der Waals surface area contributed by atoms with Crippen LogP contribution in [0.25, 0.3) is 11.0 Å². The van der Waals surface area contributed by atoms with Gasteiger partial charge in [-0.3, -0.25) is 0 Å². The Morgan fingerprint density at radius 3 is 2.70 bits per heavy atom. The lowest BCUT2D eigenvalue weighted by Crippen LogP contribution is -2.49. The number of carbonyl (C=O) groups excluding carboxylic acids is 1. The molecule has 0 radical (unpaired) electrons. The molecule has 176 valence electrons. The molecular formula is C26H35N5O2. The van der Waals surface area contributed by atoms with Gasteiger partial charge in [0.05, 0.1) is 24.0 Å². The Bertz CT molecular complexity index is 1040. The van der Waals surface area contributed by atoms with Crippen LogP contribution in [0.1, 0.15) is 37.8 Å². The molecule has 4 rings (SSSR count). The maximum Gasteiger partial charge on any atom is 0.318 e. The average Bonchev–Trinajstić information content (AvgIpc) is 3.31. The number of urea groups is 1. The SMILES string of the molecule is CC(C)COc1ccc(CNC(=O)N(Cc2cccc3[nH]cnc23)C2CCN(C)CC2)cc1. The smallest absolute Gasteiger partial charge is 0.318 e. The lowest BCUT2D eigenvalue weighted by Gasteiger charge is -2.37. The van der Waals surface area contributed by atoms with Crippen LogP contribution in [0.2, 0.25) is 0 Å². The minimum atomic E-state index is -0.0303. The van der Waals surface area contributed by atoms with E-state index in [4.69, 9.17) is 4.74 Å². The summed E-state index contributed by atoms with van der Waals surface area (Å²) in [6, 6.07) is 14.2. The van der Waals surface area contributed by atoms with Crippen LogP contribution in [0.3, 0.4) is 0 Å². The summed E-state index contributed by atoms with van der Waals surface area (Å²) < 4.78 is 5.76. The van der Waals surface area contributed by atoms with E-state index < -0.39 is 0 Å². The number of para-hydroxylation sites is 1. The summed E-state index contributed by atoms with van der Waals surface area (Å²) in [5.41, 5.74) is 4.05. The summed E-state index contributed by atoms with van der Waals surface area (Å²) in [7, 11) is 2.14. The summed E-state index contributed by atoms with van der Waals surface area (Å²) in [5.74, 6) is 1.35. The molecular weight excluding hydrogens is 414 g/mol. The van der Waals surface area contributed by atoms with Gasteiger partial charge in [0.25, 0.3) is 0 Å². The molecule has 0 bridgehead atoms. The van der Waals surface area contributed by atoms with E-state index in [2.05, 4.69) is 47.1 Å². The van der Waals surface area contributed by atoms with Gasteiger partial charge in [0, 0.05) is 19.1 Å². The summed E-state index contributed by atoms with van der Waals surface area (Å²) in [5, 5.41) is 3.14. The molecule has 2 heterocycles. The Hall–Kier alpha value is -3.06. The predicted molar refractivity (Wildman–Crippen MR) is 131 cm³/mol. The Morgan fingerprint density at radius 1 is 1.21 bits per heavy atom. The first-order valence-electron chi connectivity index (χ1n) is 11.9. The monoisotopic (exact) mass is 449 g/mol. The quantitative estimate of drug-likeness (QED) is 0.534. The van der Waals surface area contributed by atoms with Crippen molar-refractivity contribution in [1.82, 2.24) is 25.1 Å². The normalized spacial score (nSPS) is 15.2. The number of benzene rings is 2. The molecule has 2 aromatic carbocycles. The maximum absolute atomic E-state index is 13.4. The highest BCUT2D eigenvalue weighted by Gasteiger charge is 2.27. The summed E-state index contributed by atoms with van der Waals surface area (Å²) in [6.45, 7) is 7.99. The van der Waals surface area contributed by atoms with Crippen molar-refractivity contribution in [3.8, 4) is 5.75 Å². The van der Waals surface area contributed by atoms with Crippen LogP contribution in [-0.4, -0.2) is 58.6 Å². The highest BCUT2D eigenvalue weighted by atomic mass is 16.5. The van der Waals surface area contributed by atoms with Crippen molar-refractivity contribution in [3.05, 3.63) is 59.9 Å². The Labute approximate surface area is 196 Å². The number of imidazole rings is 1. The van der Waals surface area contributed by atoms with Crippen molar-refractivity contribution in [2.24, 2.45) is 5.92 Å². The first kappa shape index (κ1) is 23.1. The van der Waals surface area contributed by atoms with Crippen LogP contribution in [0.15, 0.2) is 48.8 Å². The molecule has 1 aliphatic heterocycles. The molecule has 1 fully saturated rings. The second kappa shape index (κ2) is 10.7. The zero-order valence-corrected chi connectivity index (χ0v) is 19.9. The van der Waals surface area contributed by atoms with E-state index >= 15 is 0 Å². The van der Waals surface area contributed by atoms with Gasteiger partial charge in [0.15, 0.2) is 0 Å². The van der Waals surface area contributed by atoms with Gasteiger partial charge in [-0.1, -0.05) is 38.1 Å². The first-order valence-corrected chi connectivity index (χ1v) is 11.9. The highest BCUT2D eigenvalue weighted by molar-refractivity contribution is 5.79. The number of hydrogen-bond donors (Lipinski definition) is 2. The first-order chi connectivity index (χ1) is 16.0. The molecule has 7 nitrogen and oxygen atoms in total. The lowest BCUT2D eigenvalue weighted by atomic mass is 10.0. The van der Waals surface area contributed by atoms with Crippen molar-refractivity contribution in [2.45, 2.75) is 45.8 Å². The second-order valence-electron chi connectivity index (χ2n) is 9.39. The van der Waals surface area contributed by atoms with Crippen LogP contribution >= 0.6 is 0 Å². The Kier molecular flexibility index (Phi) is 7.50. The number of H-pyrrole nitrogens is 1. The largest absolute Gasteiger partial charge is 0.493 e. The molecule has 1 saturated heterocycles. The van der Waals surface area contributed by atoms with Crippen LogP contribution in [0.4, 0.5) is 4.79 Å². The molecule has 0 spiro atoms. The van der Waals surface area contributed by atoms with Crippen LogP contribution in [0, 0.1) is 5.92 Å². The number of aromatic amines is 1. The number of aromatic nitrogens is 2. The molecule has 2 N–H and O–H groups in total. The fourth-order valence-electron chi connectivity index (χ4n) is 4.26. The van der Waals surface area contributed by atoms with Crippen LogP contribution < -0.4 is 10.1 Å². The van der Waals surface area contributed by atoms with E-state index in [0.717, 1.165) is 53.8 Å². The minimum absolute atomic E-state index is 0.0303. The molecule has 1 aromatic heterocycles. The van der Waals surface area contributed by atoms with Gasteiger partial charge in [-0.2, -0.15) is 0 Å². The summed E-state index contributed by atoms with van der Waals surface area (Å²) in [4.78, 5) is 25.3. The Morgan fingerprint density at radius 2 is 1.97 bits per heavy atom. The van der Waals surface area contributed by atoms with Crippen molar-refractivity contribution >= 4 is 17.1 Å². The number of rotatable bonds is 8. The van der Waals surface area contributed by atoms with E-state index in [9.17, 15) is 4.79 Å². The molecule has 0 unspecified atom stereocenters. The summed E-state index contributed by atoms with van der Waals surface area (Å²) >= 11 is 0. The van der Waals surface area contributed by atoms with E-state index in [-0.39, 0.29) is 12.1 Å². The standard InChI is InChI=1S/C26H35N5O2/c1-19(2)17-33-23-9-7-20(8-10-23)15-27-26(32)31(22-11-13-30(3)14-12-22)16-21-5-4-6-24-25(21)29-18-28-24/h4-10,18-19,22H,11-17H2,1-3H3,(H,27,32)(H,28,29). The second-order valence-corrected chi connectivity index (χ2v) is 9.39. The number of carbonyl (C=O) groups is 1. The third kappa shape index (κ3) is 6.05. The van der Waals surface area contributed by atoms with Crippen molar-refractivity contribution < 1.29 is 9.53 Å². The lowest BCUT2D eigenvalue weighted by molar-refractivity contribution is 0.127. The number of fused-ring (bicyclic) bond motifs is 1. The van der Waals surface area contributed by atoms with Crippen LogP contribution in [-0.2, 0) is 13.1 Å². The van der Waals surface area contributed by atoms with Gasteiger partial charge in [-0.15, -0.1) is 0 Å². The van der Waals surface area contributed by atoms with Gasteiger partial charge in [0.2, 0.25) is 0 Å². The van der Waals surface area contributed by atoms with Crippen molar-refractivity contribution in [1.29, 1.82) is 0 Å². The molecule has 0 aliphatic carbocycles. The van der Waals surface area contributed by atoms with Gasteiger partial charge >= 0.3 is 6.03 Å². The number of likely N-dealkylation sites (tertiary alicyclic amines) is 1. The van der Waals surface area contributed by atoms with E-state index in [1.54, 1.807) is 6.33 Å². The number of nitrogens with one attached hydrogen (secondary N) is 2. The van der Waals surface area contributed by atoms with Crippen molar-refractivity contribution in [2.75, 3.05) is 26.7 Å². The van der Waals surface area contributed by atoms with Gasteiger partial charge < -0.3 is 24.8 Å². The van der Waals surface area contributed by atoms with Gasteiger partial charge in [-0.25, -0.2) is 9.78 Å². The molecule has 2 amide bonds. The number of piperidine rings is 1. The van der Waals surface area contributed by atoms with Crippen LogP contribution in [0.5, 0.6) is 5.75 Å². The van der Waals surface area contributed by atoms with E-state index in [1.807, 2.05) is 41.3 Å². The zero-order valence-electron chi connectivity index (χ0n) is 19.9. The maximum atomic E-state index is 13.4. The third-order valence-corrected chi connectivity index (χ3v) is 6.21. The predicted octanol–water partition coefficient (Wildman–Crippen LogP) is 4.40. The number of hydrogen-bond acceptors (Lipinski definition) is 4. The highest BCUT2D eigenvalue weighted by Crippen LogP contribution is 2.22. The molecule has 1 aliphatic rings. The fraction of sp³-hybridized carbons (Fsp3) is 0.462. The minimum Gasteiger partial charge on any atom is -0.493 e. The number of ether oxygens (including phenoxy) is 1. The summed E-state index contributed by atoms with van der Waals surface area (Å²) in [6.07, 6.45) is 3.66. The Balaban J connectivity index is 1.43. The third-order valence-electron chi connectivity index (χ3n) is 6.21. The van der Waals surface area contributed by atoms with Crippen molar-refractivity contribution in [3.63, 3.8) is 0 Å². The van der Waals surface area contributed by atoms with Gasteiger partial charge in [-0.05, 0) is 68.2 Å². The topological polar surface area (TPSA) is 73.5 Å². The number of nitrogens with zero attached hydrogens (tertiary/aromatic N) is 3. The molecule has 0 saturated carbocycles. The van der Waals surface area contributed by atoms with E-state index in [1.165, 1.54) is 0 Å². The zero-order chi connectivity index (χ0) is 23.2. The number of amides is 2. The fourth-order valence-corrected chi connectivity index (χ4v) is 4.26. The molecule has 33 heavy (non-hydrogen) atoms. The molecule has 0 atom stereocenters. The molecule has 7 heteroatoms.